The predicted molar refractivity (Wildman–Crippen MR) is 74.0 cm³/mol. The maximum atomic E-state index is 6.37. The van der Waals surface area contributed by atoms with Crippen molar-refractivity contribution in [1.29, 1.82) is 0 Å². The quantitative estimate of drug-likeness (QED) is 0.831. The van der Waals surface area contributed by atoms with Crippen molar-refractivity contribution in [2.45, 2.75) is 50.7 Å². The molecular formula is C15H20ClNO. The van der Waals surface area contributed by atoms with Gasteiger partial charge in [0.05, 0.1) is 0 Å². The second-order valence-corrected chi connectivity index (χ2v) is 6.09. The molecule has 1 aliphatic carbocycles. The zero-order valence-electron chi connectivity index (χ0n) is 10.8. The summed E-state index contributed by atoms with van der Waals surface area (Å²) in [7, 11) is 0. The average Bonchev–Trinajstić information content (AvgIpc) is 2.72. The van der Waals surface area contributed by atoms with Crippen LogP contribution in [0.1, 0.15) is 50.6 Å². The zero-order chi connectivity index (χ0) is 12.8. The Morgan fingerprint density at radius 2 is 2.33 bits per heavy atom. The van der Waals surface area contributed by atoms with Crippen molar-refractivity contribution >= 4 is 11.6 Å². The first-order valence-electron chi connectivity index (χ1n) is 6.88. The van der Waals surface area contributed by atoms with Gasteiger partial charge in [-0.05, 0) is 49.8 Å². The van der Waals surface area contributed by atoms with Gasteiger partial charge >= 0.3 is 0 Å². The lowest BCUT2D eigenvalue weighted by molar-refractivity contribution is -0.000938. The number of fused-ring (bicyclic) bond motifs is 1. The molecule has 2 unspecified atom stereocenters. The van der Waals surface area contributed by atoms with E-state index >= 15 is 0 Å². The summed E-state index contributed by atoms with van der Waals surface area (Å²) in [6, 6.07) is 5.87. The van der Waals surface area contributed by atoms with E-state index in [1.807, 2.05) is 18.2 Å². The maximum absolute atomic E-state index is 6.37. The summed E-state index contributed by atoms with van der Waals surface area (Å²) in [5.41, 5.74) is 7.39. The van der Waals surface area contributed by atoms with E-state index in [2.05, 4.69) is 6.92 Å². The van der Waals surface area contributed by atoms with Gasteiger partial charge in [-0.15, -0.1) is 0 Å². The Balaban J connectivity index is 1.98. The van der Waals surface area contributed by atoms with E-state index in [-0.39, 0.29) is 11.6 Å². The van der Waals surface area contributed by atoms with Gasteiger partial charge in [-0.2, -0.15) is 0 Å². The second kappa shape index (κ2) is 4.43. The van der Waals surface area contributed by atoms with Crippen molar-refractivity contribution < 1.29 is 4.74 Å². The molecule has 0 radical (unpaired) electrons. The molecule has 3 atom stereocenters. The van der Waals surface area contributed by atoms with Crippen molar-refractivity contribution in [2.24, 2.45) is 11.7 Å². The molecule has 98 valence electrons. The topological polar surface area (TPSA) is 35.2 Å². The molecule has 1 aromatic rings. The van der Waals surface area contributed by atoms with Crippen molar-refractivity contribution in [1.82, 2.24) is 0 Å². The molecule has 0 saturated heterocycles. The molecule has 1 spiro atoms. The number of rotatable bonds is 1. The first-order valence-corrected chi connectivity index (χ1v) is 7.26. The molecule has 1 aliphatic heterocycles. The molecule has 0 aromatic heterocycles. The Labute approximate surface area is 113 Å². The predicted octanol–water partition coefficient (Wildman–Crippen LogP) is 4.07. The van der Waals surface area contributed by atoms with Crippen LogP contribution in [0.25, 0.3) is 0 Å². The number of ether oxygens (including phenoxy) is 1. The van der Waals surface area contributed by atoms with Gasteiger partial charge in [0.25, 0.3) is 0 Å². The molecule has 1 aromatic carbocycles. The van der Waals surface area contributed by atoms with E-state index in [0.717, 1.165) is 29.2 Å². The fraction of sp³-hybridized carbons (Fsp3) is 0.600. The number of nitrogens with two attached hydrogens (primary N) is 1. The highest BCUT2D eigenvalue weighted by molar-refractivity contribution is 6.30. The molecule has 2 N–H and O–H groups in total. The van der Waals surface area contributed by atoms with Gasteiger partial charge in [0.15, 0.2) is 0 Å². The van der Waals surface area contributed by atoms with Crippen LogP contribution in [0.2, 0.25) is 5.02 Å². The molecule has 3 rings (SSSR count). The number of benzene rings is 1. The van der Waals surface area contributed by atoms with E-state index in [0.29, 0.717) is 5.92 Å². The number of halogens is 1. The van der Waals surface area contributed by atoms with Gasteiger partial charge in [-0.1, -0.05) is 18.5 Å². The molecule has 0 bridgehead atoms. The van der Waals surface area contributed by atoms with Crippen LogP contribution in [0.3, 0.4) is 0 Å². The average molecular weight is 266 g/mol. The van der Waals surface area contributed by atoms with Crippen LogP contribution in [-0.4, -0.2) is 5.60 Å². The first-order chi connectivity index (χ1) is 8.64. The molecule has 2 aliphatic rings. The van der Waals surface area contributed by atoms with Crippen molar-refractivity contribution in [2.75, 3.05) is 0 Å². The highest BCUT2D eigenvalue weighted by Gasteiger charge is 2.48. The molecule has 18 heavy (non-hydrogen) atoms. The Hall–Kier alpha value is -0.730. The molecule has 2 nitrogen and oxygen atoms in total. The Bertz CT molecular complexity index is 462. The zero-order valence-corrected chi connectivity index (χ0v) is 11.5. The molecular weight excluding hydrogens is 246 g/mol. The monoisotopic (exact) mass is 265 g/mol. The summed E-state index contributed by atoms with van der Waals surface area (Å²) in [5.74, 6) is 1.59. The van der Waals surface area contributed by atoms with E-state index in [1.165, 1.54) is 19.3 Å². The van der Waals surface area contributed by atoms with Gasteiger partial charge in [0.2, 0.25) is 0 Å². The second-order valence-electron chi connectivity index (χ2n) is 5.66. The lowest BCUT2D eigenvalue weighted by Gasteiger charge is -2.42. The summed E-state index contributed by atoms with van der Waals surface area (Å²) in [6.45, 7) is 2.25. The molecule has 3 heteroatoms. The summed E-state index contributed by atoms with van der Waals surface area (Å²) >= 11 is 6.04. The molecule has 0 amide bonds. The Morgan fingerprint density at radius 1 is 1.50 bits per heavy atom. The Morgan fingerprint density at radius 3 is 3.11 bits per heavy atom. The Kier molecular flexibility index (Phi) is 3.03. The van der Waals surface area contributed by atoms with E-state index < -0.39 is 0 Å². The van der Waals surface area contributed by atoms with Crippen LogP contribution < -0.4 is 10.5 Å². The largest absolute Gasteiger partial charge is 0.487 e. The summed E-state index contributed by atoms with van der Waals surface area (Å²) in [4.78, 5) is 0. The maximum Gasteiger partial charge on any atom is 0.125 e. The lowest BCUT2D eigenvalue weighted by Crippen LogP contribution is -2.45. The third kappa shape index (κ3) is 1.83. The summed E-state index contributed by atoms with van der Waals surface area (Å²) in [5, 5.41) is 0.738. The van der Waals surface area contributed by atoms with Crippen LogP contribution in [0.5, 0.6) is 5.75 Å². The van der Waals surface area contributed by atoms with Crippen LogP contribution in [0.4, 0.5) is 0 Å². The normalized spacial score (nSPS) is 34.4. The molecule has 1 saturated carbocycles. The lowest BCUT2D eigenvalue weighted by atomic mass is 9.79. The molecule has 1 fully saturated rings. The van der Waals surface area contributed by atoms with Gasteiger partial charge < -0.3 is 10.5 Å². The highest BCUT2D eigenvalue weighted by atomic mass is 35.5. The number of hydrogen-bond donors (Lipinski definition) is 1. The third-order valence-electron chi connectivity index (χ3n) is 4.64. The van der Waals surface area contributed by atoms with E-state index in [1.54, 1.807) is 0 Å². The summed E-state index contributed by atoms with van der Waals surface area (Å²) in [6.07, 6.45) is 5.77. The fourth-order valence-corrected chi connectivity index (χ4v) is 3.92. The van der Waals surface area contributed by atoms with Crippen molar-refractivity contribution in [3.63, 3.8) is 0 Å². The fourth-order valence-electron chi connectivity index (χ4n) is 3.74. The summed E-state index contributed by atoms with van der Waals surface area (Å²) < 4.78 is 6.37. The van der Waals surface area contributed by atoms with Crippen LogP contribution >= 0.6 is 11.6 Å². The van der Waals surface area contributed by atoms with E-state index in [9.17, 15) is 0 Å². The van der Waals surface area contributed by atoms with E-state index in [4.69, 9.17) is 22.1 Å². The van der Waals surface area contributed by atoms with Crippen LogP contribution in [0, 0.1) is 5.92 Å². The van der Waals surface area contributed by atoms with Crippen LogP contribution in [0.15, 0.2) is 18.2 Å². The minimum Gasteiger partial charge on any atom is -0.487 e. The third-order valence-corrected chi connectivity index (χ3v) is 4.87. The van der Waals surface area contributed by atoms with Gasteiger partial charge in [0.1, 0.15) is 11.4 Å². The highest BCUT2D eigenvalue weighted by Crippen LogP contribution is 2.50. The van der Waals surface area contributed by atoms with Crippen LogP contribution in [-0.2, 0) is 0 Å². The van der Waals surface area contributed by atoms with Gasteiger partial charge in [0, 0.05) is 23.0 Å². The van der Waals surface area contributed by atoms with Gasteiger partial charge in [-0.3, -0.25) is 0 Å². The standard InChI is InChI=1S/C15H20ClNO/c1-2-10-4-3-7-15(10)9-13(17)12-8-11(16)5-6-14(12)18-15/h5-6,8,10,13H,2-4,7,9,17H2,1H3/t10?,13-,15?/m1/s1. The number of hydrogen-bond acceptors (Lipinski definition) is 2. The molecule has 1 heterocycles. The van der Waals surface area contributed by atoms with Crippen molar-refractivity contribution in [3.05, 3.63) is 28.8 Å². The first kappa shape index (κ1) is 12.3. The minimum absolute atomic E-state index is 0.0189. The minimum atomic E-state index is -0.0189. The SMILES string of the molecule is CCC1CCCC12C[C@@H](N)c1cc(Cl)ccc1O2. The smallest absolute Gasteiger partial charge is 0.125 e. The van der Waals surface area contributed by atoms with Crippen molar-refractivity contribution in [3.8, 4) is 5.75 Å². The van der Waals surface area contributed by atoms with Gasteiger partial charge in [-0.25, -0.2) is 0 Å².